The van der Waals surface area contributed by atoms with Crippen LogP contribution < -0.4 is 20.2 Å². The molecule has 4 amide bonds. The fraction of sp³-hybridized carbons (Fsp3) is 0.250. The van der Waals surface area contributed by atoms with E-state index >= 15 is 0 Å². The molecule has 1 fully saturated rings. The predicted octanol–water partition coefficient (Wildman–Crippen LogP) is 1.96. The molecule has 0 unspecified atom stereocenters. The molecule has 1 aliphatic heterocycles. The van der Waals surface area contributed by atoms with E-state index in [0.29, 0.717) is 22.1 Å². The summed E-state index contributed by atoms with van der Waals surface area (Å²) in [5.74, 6) is -0.176. The first-order chi connectivity index (χ1) is 13.3. The van der Waals surface area contributed by atoms with Gasteiger partial charge in [-0.05, 0) is 43.7 Å². The van der Waals surface area contributed by atoms with Crippen LogP contribution in [-0.4, -0.2) is 36.1 Å². The third-order valence-electron chi connectivity index (χ3n) is 4.49. The zero-order valence-electron chi connectivity index (χ0n) is 15.8. The van der Waals surface area contributed by atoms with Crippen molar-refractivity contribution in [3.8, 4) is 11.5 Å². The van der Waals surface area contributed by atoms with Gasteiger partial charge in [-0.3, -0.25) is 15.0 Å². The largest absolute Gasteiger partial charge is 0.497 e. The average Bonchev–Trinajstić information content (AvgIpc) is 2.92. The lowest BCUT2D eigenvalue weighted by Crippen LogP contribution is -2.51. The van der Waals surface area contributed by atoms with Crippen molar-refractivity contribution in [2.24, 2.45) is 0 Å². The van der Waals surface area contributed by atoms with Crippen molar-refractivity contribution < 1.29 is 23.9 Å². The minimum absolute atomic E-state index is 0.503. The molecule has 8 nitrogen and oxygen atoms in total. The van der Waals surface area contributed by atoms with Crippen molar-refractivity contribution in [2.45, 2.75) is 25.5 Å². The van der Waals surface area contributed by atoms with Gasteiger partial charge in [-0.15, -0.1) is 0 Å². The molecule has 2 N–H and O–H groups in total. The second-order valence-electron chi connectivity index (χ2n) is 6.48. The number of methoxy groups -OCH3 is 1. The number of para-hydroxylation sites is 1. The average molecular weight is 383 g/mol. The Labute approximate surface area is 162 Å². The van der Waals surface area contributed by atoms with E-state index in [9.17, 15) is 14.4 Å². The highest BCUT2D eigenvalue weighted by atomic mass is 16.5. The summed E-state index contributed by atoms with van der Waals surface area (Å²) in [5, 5.41) is 3.29. The number of urea groups is 1. The number of ether oxygens (including phenoxy) is 2. The van der Waals surface area contributed by atoms with Crippen molar-refractivity contribution in [3.63, 3.8) is 0 Å². The molecule has 8 heteroatoms. The van der Waals surface area contributed by atoms with Crippen LogP contribution in [0.5, 0.6) is 11.5 Å². The van der Waals surface area contributed by atoms with Gasteiger partial charge in [0.2, 0.25) is 0 Å². The zero-order chi connectivity index (χ0) is 20.3. The van der Waals surface area contributed by atoms with Crippen molar-refractivity contribution >= 4 is 17.8 Å². The van der Waals surface area contributed by atoms with E-state index in [1.165, 1.54) is 14.0 Å². The summed E-state index contributed by atoms with van der Waals surface area (Å²) < 4.78 is 10.7. The normalized spacial score (nSPS) is 19.8. The number of nitrogens with one attached hydrogen (secondary N) is 2. The summed E-state index contributed by atoms with van der Waals surface area (Å²) in [6.45, 7) is 3.10. The monoisotopic (exact) mass is 383 g/mol. The Morgan fingerprint density at radius 2 is 1.79 bits per heavy atom. The lowest BCUT2D eigenvalue weighted by Gasteiger charge is -2.23. The minimum Gasteiger partial charge on any atom is -0.497 e. The summed E-state index contributed by atoms with van der Waals surface area (Å²) in [6.07, 6.45) is -0.910. The number of hydrogen-bond acceptors (Lipinski definition) is 5. The molecule has 0 spiro atoms. The van der Waals surface area contributed by atoms with Gasteiger partial charge >= 0.3 is 6.03 Å². The fourth-order valence-electron chi connectivity index (χ4n) is 2.83. The van der Waals surface area contributed by atoms with Crippen molar-refractivity contribution in [2.75, 3.05) is 7.11 Å². The number of imide groups is 1. The van der Waals surface area contributed by atoms with Crippen LogP contribution in [0, 0.1) is 0 Å². The van der Waals surface area contributed by atoms with Gasteiger partial charge < -0.3 is 14.8 Å². The predicted molar refractivity (Wildman–Crippen MR) is 100 cm³/mol. The zero-order valence-corrected chi connectivity index (χ0v) is 15.8. The molecule has 0 radical (unpaired) electrons. The first kappa shape index (κ1) is 19.2. The lowest BCUT2D eigenvalue weighted by molar-refractivity contribution is -0.141. The van der Waals surface area contributed by atoms with E-state index in [0.717, 1.165) is 0 Å². The Morgan fingerprint density at radius 1 is 1.11 bits per heavy atom. The van der Waals surface area contributed by atoms with Gasteiger partial charge in [0.15, 0.2) is 6.10 Å². The SMILES string of the molecule is COc1cccc([C@]2(C)NC(=O)N(NC(=O)[C@@H](C)Oc3ccccc3)C2=O)c1. The summed E-state index contributed by atoms with van der Waals surface area (Å²) in [4.78, 5) is 37.7. The molecule has 28 heavy (non-hydrogen) atoms. The molecule has 1 heterocycles. The van der Waals surface area contributed by atoms with Crippen LogP contribution in [0.15, 0.2) is 54.6 Å². The van der Waals surface area contributed by atoms with Crippen LogP contribution >= 0.6 is 0 Å². The fourth-order valence-corrected chi connectivity index (χ4v) is 2.83. The second kappa shape index (κ2) is 7.59. The van der Waals surface area contributed by atoms with Gasteiger partial charge in [0.05, 0.1) is 7.11 Å². The molecular weight excluding hydrogens is 362 g/mol. The Morgan fingerprint density at radius 3 is 2.46 bits per heavy atom. The molecule has 146 valence electrons. The van der Waals surface area contributed by atoms with Gasteiger partial charge in [-0.1, -0.05) is 30.3 Å². The summed E-state index contributed by atoms with van der Waals surface area (Å²) in [6, 6.07) is 14.9. The first-order valence-corrected chi connectivity index (χ1v) is 8.68. The Hall–Kier alpha value is -3.55. The Kier molecular flexibility index (Phi) is 5.21. The highest BCUT2D eigenvalue weighted by Gasteiger charge is 2.50. The van der Waals surface area contributed by atoms with E-state index in [4.69, 9.17) is 9.47 Å². The summed E-state index contributed by atoms with van der Waals surface area (Å²) in [5.41, 5.74) is 1.54. The van der Waals surface area contributed by atoms with Crippen LogP contribution in [0.3, 0.4) is 0 Å². The van der Waals surface area contributed by atoms with Gasteiger partial charge in [-0.2, -0.15) is 5.01 Å². The minimum atomic E-state index is -1.33. The highest BCUT2D eigenvalue weighted by Crippen LogP contribution is 2.30. The summed E-state index contributed by atoms with van der Waals surface area (Å²) in [7, 11) is 1.51. The number of hydrazine groups is 1. The molecule has 2 aromatic rings. The second-order valence-corrected chi connectivity index (χ2v) is 6.48. The van der Waals surface area contributed by atoms with Gasteiger partial charge in [0.25, 0.3) is 11.8 Å². The Bertz CT molecular complexity index is 902. The topological polar surface area (TPSA) is 97.0 Å². The quantitative estimate of drug-likeness (QED) is 0.744. The Balaban J connectivity index is 1.73. The smallest absolute Gasteiger partial charge is 0.344 e. The van der Waals surface area contributed by atoms with Crippen LogP contribution in [0.25, 0.3) is 0 Å². The third kappa shape index (κ3) is 3.62. The maximum atomic E-state index is 12.9. The van der Waals surface area contributed by atoms with E-state index in [2.05, 4.69) is 10.7 Å². The van der Waals surface area contributed by atoms with Crippen LogP contribution in [0.2, 0.25) is 0 Å². The van der Waals surface area contributed by atoms with Gasteiger partial charge in [0, 0.05) is 0 Å². The van der Waals surface area contributed by atoms with Crippen molar-refractivity contribution in [3.05, 3.63) is 60.2 Å². The van der Waals surface area contributed by atoms with E-state index in [1.807, 2.05) is 6.07 Å². The molecule has 1 aliphatic rings. The van der Waals surface area contributed by atoms with Gasteiger partial charge in [0.1, 0.15) is 17.0 Å². The van der Waals surface area contributed by atoms with E-state index in [-0.39, 0.29) is 0 Å². The number of nitrogens with zero attached hydrogens (tertiary/aromatic N) is 1. The lowest BCUT2D eigenvalue weighted by atomic mass is 9.92. The van der Waals surface area contributed by atoms with E-state index in [1.54, 1.807) is 55.5 Å². The van der Waals surface area contributed by atoms with Crippen LogP contribution in [-0.2, 0) is 15.1 Å². The molecule has 0 saturated carbocycles. The highest BCUT2D eigenvalue weighted by molar-refractivity contribution is 6.08. The molecular formula is C20H21N3O5. The molecule has 2 aromatic carbocycles. The number of carbonyl (C=O) groups is 3. The third-order valence-corrected chi connectivity index (χ3v) is 4.49. The van der Waals surface area contributed by atoms with Crippen LogP contribution in [0.1, 0.15) is 19.4 Å². The number of amides is 4. The number of benzene rings is 2. The number of rotatable bonds is 6. The molecule has 2 atom stereocenters. The number of carbonyl (C=O) groups excluding carboxylic acids is 3. The van der Waals surface area contributed by atoms with Gasteiger partial charge in [-0.25, -0.2) is 4.79 Å². The van der Waals surface area contributed by atoms with Crippen molar-refractivity contribution in [1.82, 2.24) is 15.8 Å². The molecule has 1 saturated heterocycles. The molecule has 3 rings (SSSR count). The number of hydrogen-bond donors (Lipinski definition) is 2. The molecule has 0 aliphatic carbocycles. The molecule has 0 aromatic heterocycles. The van der Waals surface area contributed by atoms with Crippen LogP contribution in [0.4, 0.5) is 4.79 Å². The van der Waals surface area contributed by atoms with Crippen molar-refractivity contribution in [1.29, 1.82) is 0 Å². The summed E-state index contributed by atoms with van der Waals surface area (Å²) >= 11 is 0. The molecule has 0 bridgehead atoms. The standard InChI is InChI=1S/C20H21N3O5/c1-13(28-15-9-5-4-6-10-15)17(24)22-23-18(25)20(2,21-19(23)26)14-8-7-11-16(12-14)27-3/h4-13H,1-3H3,(H,21,26)(H,22,24)/t13-,20+/m1/s1. The first-order valence-electron chi connectivity index (χ1n) is 8.68. The maximum absolute atomic E-state index is 12.9. The van der Waals surface area contributed by atoms with E-state index < -0.39 is 29.5 Å². The maximum Gasteiger partial charge on any atom is 0.344 e.